The van der Waals surface area contributed by atoms with Crippen molar-refractivity contribution in [1.82, 2.24) is 4.98 Å². The summed E-state index contributed by atoms with van der Waals surface area (Å²) in [5.74, 6) is 0.966. The summed E-state index contributed by atoms with van der Waals surface area (Å²) in [4.78, 5) is 5.47. The summed E-state index contributed by atoms with van der Waals surface area (Å²) in [5.41, 5.74) is 8.75. The van der Waals surface area contributed by atoms with Crippen LogP contribution in [0, 0.1) is 12.3 Å². The van der Waals surface area contributed by atoms with Crippen LogP contribution < -0.4 is 0 Å². The molecule has 2 aromatic rings. The summed E-state index contributed by atoms with van der Waals surface area (Å²) < 4.78 is 6.18. The molecule has 0 spiro atoms. The molecular weight excluding hydrogens is 418 g/mol. The number of aromatic nitrogens is 1. The van der Waals surface area contributed by atoms with E-state index in [0.29, 0.717) is 11.8 Å². The van der Waals surface area contributed by atoms with Gasteiger partial charge >= 0.3 is 0 Å². The number of methoxy groups -OCH3 is 1. The Hall–Kier alpha value is -1.71. The van der Waals surface area contributed by atoms with Gasteiger partial charge in [0.25, 0.3) is 0 Å². The van der Waals surface area contributed by atoms with Crippen molar-refractivity contribution in [3.05, 3.63) is 63.5 Å². The SMILES string of the molecule is CO[C@H]1CC(C)(C)Cc2nc(C3CCCC3)c([C@@H](O)c3ccc(C)cc3)c(C3CCCCC3)c21. The number of pyridine rings is 1. The van der Waals surface area contributed by atoms with Crippen molar-refractivity contribution in [3.63, 3.8) is 0 Å². The molecule has 184 valence electrons. The maximum Gasteiger partial charge on any atom is 0.106 e. The molecule has 0 unspecified atom stereocenters. The van der Waals surface area contributed by atoms with Gasteiger partial charge in [0.05, 0.1) is 11.8 Å². The average molecular weight is 462 g/mol. The summed E-state index contributed by atoms with van der Waals surface area (Å²) >= 11 is 0. The predicted octanol–water partition coefficient (Wildman–Crippen LogP) is 7.84. The monoisotopic (exact) mass is 461 g/mol. The Balaban J connectivity index is 1.76. The van der Waals surface area contributed by atoms with Crippen LogP contribution in [-0.2, 0) is 11.2 Å². The Bertz CT molecular complexity index is 997. The topological polar surface area (TPSA) is 42.4 Å². The maximum atomic E-state index is 12.0. The molecule has 0 saturated heterocycles. The number of nitrogens with zero attached hydrogens (tertiary/aromatic N) is 1. The van der Waals surface area contributed by atoms with Crippen LogP contribution in [0.5, 0.6) is 0 Å². The van der Waals surface area contributed by atoms with E-state index >= 15 is 0 Å². The smallest absolute Gasteiger partial charge is 0.106 e. The van der Waals surface area contributed by atoms with Crippen LogP contribution in [0.1, 0.15) is 141 Å². The Morgan fingerprint density at radius 1 is 0.912 bits per heavy atom. The van der Waals surface area contributed by atoms with Gasteiger partial charge in [-0.05, 0) is 67.9 Å². The first-order valence-electron chi connectivity index (χ1n) is 13.7. The number of aryl methyl sites for hydroxylation is 1. The number of aliphatic hydroxyl groups excluding tert-OH is 1. The van der Waals surface area contributed by atoms with Gasteiger partial charge in [0.15, 0.2) is 0 Å². The van der Waals surface area contributed by atoms with Gasteiger partial charge in [-0.3, -0.25) is 4.98 Å². The van der Waals surface area contributed by atoms with E-state index in [-0.39, 0.29) is 11.5 Å². The zero-order chi connectivity index (χ0) is 23.9. The highest BCUT2D eigenvalue weighted by Gasteiger charge is 2.40. The number of benzene rings is 1. The fourth-order valence-corrected chi connectivity index (χ4v) is 7.07. The highest BCUT2D eigenvalue weighted by atomic mass is 16.5. The molecule has 34 heavy (non-hydrogen) atoms. The van der Waals surface area contributed by atoms with E-state index in [0.717, 1.165) is 24.0 Å². The molecule has 3 aliphatic carbocycles. The van der Waals surface area contributed by atoms with E-state index in [1.165, 1.54) is 85.9 Å². The molecule has 3 heteroatoms. The highest BCUT2D eigenvalue weighted by Crippen LogP contribution is 2.51. The number of rotatable bonds is 5. The van der Waals surface area contributed by atoms with Crippen LogP contribution >= 0.6 is 0 Å². The predicted molar refractivity (Wildman–Crippen MR) is 138 cm³/mol. The molecule has 0 bridgehead atoms. The number of aliphatic hydroxyl groups is 1. The van der Waals surface area contributed by atoms with Crippen molar-refractivity contribution < 1.29 is 9.84 Å². The van der Waals surface area contributed by atoms with E-state index < -0.39 is 6.10 Å². The summed E-state index contributed by atoms with van der Waals surface area (Å²) in [7, 11) is 1.86. The normalized spacial score (nSPS) is 24.2. The highest BCUT2D eigenvalue weighted by molar-refractivity contribution is 5.51. The van der Waals surface area contributed by atoms with Gasteiger partial charge in [0.1, 0.15) is 6.10 Å². The lowest BCUT2D eigenvalue weighted by atomic mass is 9.68. The van der Waals surface area contributed by atoms with E-state index in [2.05, 4.69) is 45.0 Å². The van der Waals surface area contributed by atoms with Gasteiger partial charge in [-0.2, -0.15) is 0 Å². The molecule has 3 nitrogen and oxygen atoms in total. The molecule has 2 atom stereocenters. The summed E-state index contributed by atoms with van der Waals surface area (Å²) in [6.45, 7) is 6.82. The zero-order valence-electron chi connectivity index (χ0n) is 21.7. The first-order chi connectivity index (χ1) is 16.4. The standard InChI is InChI=1S/C31H43NO2/c1-20-14-16-23(17-15-20)30(33)28-26(21-10-6-5-7-11-21)27-24(18-31(2,3)19-25(27)34-4)32-29(28)22-12-8-9-13-22/h14-17,21-22,25,30,33H,5-13,18-19H2,1-4H3/t25-,30-/m0/s1. The third-order valence-electron chi connectivity index (χ3n) is 8.83. The lowest BCUT2D eigenvalue weighted by Gasteiger charge is -2.41. The molecule has 3 aliphatic rings. The summed E-state index contributed by atoms with van der Waals surface area (Å²) in [5, 5.41) is 12.0. The van der Waals surface area contributed by atoms with Crippen LogP contribution in [-0.4, -0.2) is 17.2 Å². The first kappa shape index (κ1) is 24.0. The van der Waals surface area contributed by atoms with Crippen LogP contribution in [0.2, 0.25) is 0 Å². The lowest BCUT2D eigenvalue weighted by molar-refractivity contribution is 0.0474. The quantitative estimate of drug-likeness (QED) is 0.493. The van der Waals surface area contributed by atoms with Gasteiger partial charge in [-0.25, -0.2) is 0 Å². The summed E-state index contributed by atoms with van der Waals surface area (Å²) in [6.07, 6.45) is 12.7. The number of fused-ring (bicyclic) bond motifs is 1. The molecule has 5 rings (SSSR count). The van der Waals surface area contributed by atoms with Crippen molar-refractivity contribution in [2.45, 2.75) is 115 Å². The van der Waals surface area contributed by atoms with Crippen molar-refractivity contribution in [2.24, 2.45) is 5.41 Å². The number of hydrogen-bond donors (Lipinski definition) is 1. The van der Waals surface area contributed by atoms with Gasteiger partial charge in [0, 0.05) is 29.8 Å². The first-order valence-corrected chi connectivity index (χ1v) is 13.7. The second-order valence-electron chi connectivity index (χ2n) is 12.1. The molecule has 0 aliphatic heterocycles. The minimum atomic E-state index is -0.627. The molecule has 1 aromatic heterocycles. The number of hydrogen-bond acceptors (Lipinski definition) is 3. The zero-order valence-corrected chi connectivity index (χ0v) is 21.7. The molecule has 0 radical (unpaired) electrons. The van der Waals surface area contributed by atoms with Crippen molar-refractivity contribution >= 4 is 0 Å². The lowest BCUT2D eigenvalue weighted by Crippen LogP contribution is -2.31. The fourth-order valence-electron chi connectivity index (χ4n) is 7.07. The minimum absolute atomic E-state index is 0.0600. The third-order valence-corrected chi connectivity index (χ3v) is 8.83. The molecule has 2 saturated carbocycles. The molecule has 1 heterocycles. The largest absolute Gasteiger partial charge is 0.384 e. The summed E-state index contributed by atoms with van der Waals surface area (Å²) in [6, 6.07) is 8.47. The fraction of sp³-hybridized carbons (Fsp3) is 0.645. The van der Waals surface area contributed by atoms with Crippen molar-refractivity contribution in [2.75, 3.05) is 7.11 Å². The molecule has 0 amide bonds. The van der Waals surface area contributed by atoms with E-state index in [1.54, 1.807) is 0 Å². The maximum absolute atomic E-state index is 12.0. The van der Waals surface area contributed by atoms with Crippen LogP contribution in [0.15, 0.2) is 24.3 Å². The van der Waals surface area contributed by atoms with Crippen molar-refractivity contribution in [1.29, 1.82) is 0 Å². The number of ether oxygens (including phenoxy) is 1. The molecule has 2 fully saturated rings. The average Bonchev–Trinajstić information content (AvgIpc) is 3.37. The molecular formula is C31H43NO2. The van der Waals surface area contributed by atoms with E-state index in [9.17, 15) is 5.11 Å². The Morgan fingerprint density at radius 2 is 1.53 bits per heavy atom. The van der Waals surface area contributed by atoms with Crippen LogP contribution in [0.25, 0.3) is 0 Å². The van der Waals surface area contributed by atoms with Gasteiger partial charge in [0.2, 0.25) is 0 Å². The molecule has 1 N–H and O–H groups in total. The van der Waals surface area contributed by atoms with Gasteiger partial charge in [-0.15, -0.1) is 0 Å². The Morgan fingerprint density at radius 3 is 2.18 bits per heavy atom. The second-order valence-corrected chi connectivity index (χ2v) is 12.1. The molecule has 1 aromatic carbocycles. The van der Waals surface area contributed by atoms with E-state index in [4.69, 9.17) is 9.72 Å². The second kappa shape index (κ2) is 9.74. The van der Waals surface area contributed by atoms with Gasteiger partial charge < -0.3 is 9.84 Å². The Kier molecular flexibility index (Phi) is 6.88. The minimum Gasteiger partial charge on any atom is -0.384 e. The van der Waals surface area contributed by atoms with Crippen molar-refractivity contribution in [3.8, 4) is 0 Å². The van der Waals surface area contributed by atoms with E-state index in [1.807, 2.05) is 7.11 Å². The van der Waals surface area contributed by atoms with Crippen LogP contribution in [0.4, 0.5) is 0 Å². The van der Waals surface area contributed by atoms with Crippen LogP contribution in [0.3, 0.4) is 0 Å². The Labute approximate surface area is 206 Å². The van der Waals surface area contributed by atoms with Gasteiger partial charge in [-0.1, -0.05) is 75.8 Å². The third kappa shape index (κ3) is 4.58.